The van der Waals surface area contributed by atoms with Crippen molar-refractivity contribution in [2.45, 2.75) is 19.9 Å². The average Bonchev–Trinajstić information content (AvgIpc) is 3.06. The summed E-state index contributed by atoms with van der Waals surface area (Å²) < 4.78 is 15.8. The number of halogens is 1. The second-order valence-corrected chi connectivity index (χ2v) is 6.63. The molecule has 1 amide bonds. The largest absolute Gasteiger partial charge is 0.367 e. The molecule has 0 atom stereocenters. The van der Waals surface area contributed by atoms with Gasteiger partial charge >= 0.3 is 0 Å². The molecule has 3 rings (SSSR count). The molecule has 1 aliphatic heterocycles. The van der Waals surface area contributed by atoms with Gasteiger partial charge in [-0.05, 0) is 19.1 Å². The molecule has 26 heavy (non-hydrogen) atoms. The van der Waals surface area contributed by atoms with Gasteiger partial charge < -0.3 is 14.8 Å². The molecule has 1 fully saturated rings. The SMILES string of the molecule is Cc1cn(CCC(=O)NCCN2CCN(c3ccccc3F)CC2)cn1. The maximum Gasteiger partial charge on any atom is 0.221 e. The molecule has 7 heteroatoms. The quantitative estimate of drug-likeness (QED) is 0.817. The van der Waals surface area contributed by atoms with E-state index in [9.17, 15) is 9.18 Å². The summed E-state index contributed by atoms with van der Waals surface area (Å²) in [7, 11) is 0. The standard InChI is InChI=1S/C19H26FN5O/c1-16-14-24(15-22-16)8-6-19(26)21-7-9-23-10-12-25(13-11-23)18-5-3-2-4-17(18)20/h2-5,14-15H,6-13H2,1H3,(H,21,26). The molecule has 0 spiro atoms. The number of rotatable bonds is 7. The molecule has 0 unspecified atom stereocenters. The Labute approximate surface area is 153 Å². The van der Waals surface area contributed by atoms with Gasteiger partial charge in [-0.2, -0.15) is 0 Å². The number of benzene rings is 1. The minimum Gasteiger partial charge on any atom is -0.367 e. The Morgan fingerprint density at radius 1 is 1.19 bits per heavy atom. The number of hydrogen-bond donors (Lipinski definition) is 1. The van der Waals surface area contributed by atoms with Gasteiger partial charge in [0.1, 0.15) is 5.82 Å². The van der Waals surface area contributed by atoms with Gasteiger partial charge in [-0.15, -0.1) is 0 Å². The Bertz CT molecular complexity index is 724. The third-order valence-corrected chi connectivity index (χ3v) is 4.68. The average molecular weight is 359 g/mol. The first kappa shape index (κ1) is 18.4. The van der Waals surface area contributed by atoms with Crippen molar-refractivity contribution in [3.8, 4) is 0 Å². The van der Waals surface area contributed by atoms with E-state index in [4.69, 9.17) is 0 Å². The number of piperazine rings is 1. The molecule has 0 saturated carbocycles. The molecule has 0 radical (unpaired) electrons. The minimum atomic E-state index is -0.165. The highest BCUT2D eigenvalue weighted by Gasteiger charge is 2.18. The summed E-state index contributed by atoms with van der Waals surface area (Å²) in [5.41, 5.74) is 1.63. The van der Waals surface area contributed by atoms with Crippen molar-refractivity contribution in [3.05, 3.63) is 48.3 Å². The lowest BCUT2D eigenvalue weighted by atomic mass is 10.2. The molecule has 2 aromatic rings. The Hall–Kier alpha value is -2.41. The van der Waals surface area contributed by atoms with Gasteiger partial charge in [0, 0.05) is 58.4 Å². The molecule has 6 nitrogen and oxygen atoms in total. The normalized spacial score (nSPS) is 15.2. The van der Waals surface area contributed by atoms with E-state index in [0.29, 0.717) is 25.2 Å². The highest BCUT2D eigenvalue weighted by atomic mass is 19.1. The summed E-state index contributed by atoms with van der Waals surface area (Å²) >= 11 is 0. The summed E-state index contributed by atoms with van der Waals surface area (Å²) in [6.07, 6.45) is 4.14. The molecular weight excluding hydrogens is 333 g/mol. The number of aromatic nitrogens is 2. The van der Waals surface area contributed by atoms with Crippen molar-refractivity contribution in [1.29, 1.82) is 0 Å². The lowest BCUT2D eigenvalue weighted by Gasteiger charge is -2.36. The first-order chi connectivity index (χ1) is 12.6. The number of anilines is 1. The van der Waals surface area contributed by atoms with Crippen LogP contribution in [-0.2, 0) is 11.3 Å². The van der Waals surface area contributed by atoms with Gasteiger partial charge in [-0.3, -0.25) is 9.69 Å². The summed E-state index contributed by atoms with van der Waals surface area (Å²) in [4.78, 5) is 20.5. The van der Waals surface area contributed by atoms with E-state index in [1.165, 1.54) is 6.07 Å². The third kappa shape index (κ3) is 5.05. The van der Waals surface area contributed by atoms with Crippen LogP contribution in [0.5, 0.6) is 0 Å². The lowest BCUT2D eigenvalue weighted by molar-refractivity contribution is -0.121. The van der Waals surface area contributed by atoms with Crippen LogP contribution in [-0.4, -0.2) is 59.6 Å². The van der Waals surface area contributed by atoms with Crippen molar-refractivity contribution in [2.75, 3.05) is 44.2 Å². The highest BCUT2D eigenvalue weighted by molar-refractivity contribution is 5.75. The highest BCUT2D eigenvalue weighted by Crippen LogP contribution is 2.19. The van der Waals surface area contributed by atoms with Crippen LogP contribution >= 0.6 is 0 Å². The van der Waals surface area contributed by atoms with Crippen LogP contribution < -0.4 is 10.2 Å². The molecule has 1 aromatic carbocycles. The van der Waals surface area contributed by atoms with Gasteiger partial charge in [-0.1, -0.05) is 12.1 Å². The molecule has 2 heterocycles. The van der Waals surface area contributed by atoms with Crippen LogP contribution in [0.25, 0.3) is 0 Å². The van der Waals surface area contributed by atoms with Crippen LogP contribution in [0.2, 0.25) is 0 Å². The fraction of sp³-hybridized carbons (Fsp3) is 0.474. The van der Waals surface area contributed by atoms with Crippen LogP contribution in [0.1, 0.15) is 12.1 Å². The molecule has 140 valence electrons. The Kier molecular flexibility index (Phi) is 6.22. The van der Waals surface area contributed by atoms with Crippen molar-refractivity contribution in [1.82, 2.24) is 19.8 Å². The predicted molar refractivity (Wildman–Crippen MR) is 99.6 cm³/mol. The molecule has 1 aromatic heterocycles. The second-order valence-electron chi connectivity index (χ2n) is 6.63. The summed E-state index contributed by atoms with van der Waals surface area (Å²) in [6.45, 7) is 7.39. The van der Waals surface area contributed by atoms with E-state index in [2.05, 4.69) is 20.1 Å². The number of nitrogens with zero attached hydrogens (tertiary/aromatic N) is 4. The number of carbonyl (C=O) groups excluding carboxylic acids is 1. The van der Waals surface area contributed by atoms with E-state index in [1.54, 1.807) is 12.4 Å². The number of hydrogen-bond acceptors (Lipinski definition) is 4. The molecule has 0 aliphatic carbocycles. The maximum absolute atomic E-state index is 13.9. The van der Waals surface area contributed by atoms with Gasteiger partial charge in [0.05, 0.1) is 17.7 Å². The maximum atomic E-state index is 13.9. The molecule has 1 aliphatic rings. The molecule has 0 bridgehead atoms. The van der Waals surface area contributed by atoms with Crippen LogP contribution in [0.4, 0.5) is 10.1 Å². The van der Waals surface area contributed by atoms with Gasteiger partial charge in [0.25, 0.3) is 0 Å². The first-order valence-electron chi connectivity index (χ1n) is 9.09. The van der Waals surface area contributed by atoms with Crippen LogP contribution in [0.3, 0.4) is 0 Å². The first-order valence-corrected chi connectivity index (χ1v) is 9.09. The smallest absolute Gasteiger partial charge is 0.221 e. The van der Waals surface area contributed by atoms with E-state index >= 15 is 0 Å². The van der Waals surface area contributed by atoms with Crippen molar-refractivity contribution in [2.24, 2.45) is 0 Å². The zero-order valence-corrected chi connectivity index (χ0v) is 15.2. The number of imidazole rings is 1. The molecular formula is C19H26FN5O. The number of para-hydroxylation sites is 1. The number of carbonyl (C=O) groups is 1. The van der Waals surface area contributed by atoms with Crippen LogP contribution in [0, 0.1) is 12.7 Å². The minimum absolute atomic E-state index is 0.0568. The number of nitrogens with one attached hydrogen (secondary N) is 1. The number of amides is 1. The molecule has 1 N–H and O–H groups in total. The zero-order chi connectivity index (χ0) is 18.4. The second kappa shape index (κ2) is 8.80. The lowest BCUT2D eigenvalue weighted by Crippen LogP contribution is -2.48. The van der Waals surface area contributed by atoms with Crippen molar-refractivity contribution >= 4 is 11.6 Å². The predicted octanol–water partition coefficient (Wildman–Crippen LogP) is 1.66. The van der Waals surface area contributed by atoms with Crippen molar-refractivity contribution < 1.29 is 9.18 Å². The van der Waals surface area contributed by atoms with Crippen molar-refractivity contribution in [3.63, 3.8) is 0 Å². The van der Waals surface area contributed by atoms with Crippen LogP contribution in [0.15, 0.2) is 36.8 Å². The zero-order valence-electron chi connectivity index (χ0n) is 15.2. The van der Waals surface area contributed by atoms with E-state index in [-0.39, 0.29) is 11.7 Å². The monoisotopic (exact) mass is 359 g/mol. The third-order valence-electron chi connectivity index (χ3n) is 4.68. The van der Waals surface area contributed by atoms with E-state index in [0.717, 1.165) is 38.4 Å². The Balaban J connectivity index is 1.32. The number of aryl methyl sites for hydroxylation is 2. The summed E-state index contributed by atoms with van der Waals surface area (Å²) in [5.74, 6) is -0.109. The Morgan fingerprint density at radius 3 is 2.65 bits per heavy atom. The van der Waals surface area contributed by atoms with E-state index in [1.807, 2.05) is 29.8 Å². The topological polar surface area (TPSA) is 53.4 Å². The van der Waals surface area contributed by atoms with Gasteiger partial charge in [0.15, 0.2) is 0 Å². The van der Waals surface area contributed by atoms with E-state index < -0.39 is 0 Å². The molecule has 1 saturated heterocycles. The van der Waals surface area contributed by atoms with Gasteiger partial charge in [0.2, 0.25) is 5.91 Å². The van der Waals surface area contributed by atoms with Gasteiger partial charge in [-0.25, -0.2) is 9.37 Å². The fourth-order valence-electron chi connectivity index (χ4n) is 3.19. The summed E-state index contributed by atoms with van der Waals surface area (Å²) in [5, 5.41) is 2.97. The Morgan fingerprint density at radius 2 is 1.96 bits per heavy atom. The summed E-state index contributed by atoms with van der Waals surface area (Å²) in [6, 6.07) is 6.91. The fourth-order valence-corrected chi connectivity index (χ4v) is 3.19.